The third-order valence-corrected chi connectivity index (χ3v) is 4.20. The first-order valence-corrected chi connectivity index (χ1v) is 7.59. The quantitative estimate of drug-likeness (QED) is 0.883. The molecule has 0 aromatic heterocycles. The van der Waals surface area contributed by atoms with Crippen molar-refractivity contribution in [3.8, 4) is 0 Å². The van der Waals surface area contributed by atoms with E-state index in [4.69, 9.17) is 23.2 Å². The Labute approximate surface area is 139 Å². The molecule has 0 radical (unpaired) electrons. The number of allylic oxidation sites excluding steroid dienone is 2. The second-order valence-corrected chi connectivity index (χ2v) is 5.98. The van der Waals surface area contributed by atoms with Gasteiger partial charge in [0.05, 0.1) is 23.2 Å². The van der Waals surface area contributed by atoms with Gasteiger partial charge in [0.1, 0.15) is 11.7 Å². The van der Waals surface area contributed by atoms with Gasteiger partial charge in [-0.3, -0.25) is 0 Å². The molecule has 0 bridgehead atoms. The fourth-order valence-corrected chi connectivity index (χ4v) is 2.57. The predicted octanol–water partition coefficient (Wildman–Crippen LogP) is 3.80. The van der Waals surface area contributed by atoms with Gasteiger partial charge in [0.2, 0.25) is 0 Å². The number of aliphatic hydroxyl groups is 1. The lowest BCUT2D eigenvalue weighted by Crippen LogP contribution is -2.34. The van der Waals surface area contributed by atoms with Crippen LogP contribution in [0.2, 0.25) is 10.0 Å². The minimum Gasteiger partial charge on any atom is -0.392 e. The standard InChI is InChI=1S/C16H15Cl2N3O/c1-10-4-5-21-8-11(9-22)16(20-15(21)6-10)19-12-2-3-13(17)14(18)7-12/h2-7,19,22H,8-9H2,1H3. The second kappa shape index (κ2) is 6.16. The maximum Gasteiger partial charge on any atom is 0.136 e. The van der Waals surface area contributed by atoms with Crippen molar-refractivity contribution < 1.29 is 5.11 Å². The summed E-state index contributed by atoms with van der Waals surface area (Å²) in [5, 5.41) is 13.8. The molecule has 6 heteroatoms. The Kier molecular flexibility index (Phi) is 4.25. The van der Waals surface area contributed by atoms with Crippen molar-refractivity contribution in [2.24, 2.45) is 4.99 Å². The van der Waals surface area contributed by atoms with Gasteiger partial charge in [-0.25, -0.2) is 4.99 Å². The third-order valence-electron chi connectivity index (χ3n) is 3.46. The van der Waals surface area contributed by atoms with Crippen molar-refractivity contribution in [1.29, 1.82) is 0 Å². The summed E-state index contributed by atoms with van der Waals surface area (Å²) >= 11 is 12.0. The fraction of sp³-hybridized carbons (Fsp3) is 0.188. The summed E-state index contributed by atoms with van der Waals surface area (Å²) in [4.78, 5) is 6.60. The number of hydrogen-bond acceptors (Lipinski definition) is 4. The zero-order valence-corrected chi connectivity index (χ0v) is 13.5. The summed E-state index contributed by atoms with van der Waals surface area (Å²) in [6.07, 6.45) is 6.00. The van der Waals surface area contributed by atoms with Crippen LogP contribution in [0.15, 0.2) is 58.5 Å². The number of aliphatic hydroxyl groups excluding tert-OH is 1. The topological polar surface area (TPSA) is 47.9 Å². The van der Waals surface area contributed by atoms with E-state index in [0.717, 1.165) is 22.7 Å². The number of hydrogen-bond donors (Lipinski definition) is 2. The van der Waals surface area contributed by atoms with Gasteiger partial charge >= 0.3 is 0 Å². The number of nitrogens with zero attached hydrogens (tertiary/aromatic N) is 2. The zero-order valence-electron chi connectivity index (χ0n) is 12.0. The molecule has 4 nitrogen and oxygen atoms in total. The van der Waals surface area contributed by atoms with Crippen LogP contribution in [0.1, 0.15) is 6.92 Å². The van der Waals surface area contributed by atoms with Crippen molar-refractivity contribution in [2.45, 2.75) is 6.92 Å². The average molecular weight is 336 g/mol. The van der Waals surface area contributed by atoms with Gasteiger partial charge in [0, 0.05) is 17.5 Å². The van der Waals surface area contributed by atoms with Gasteiger partial charge in [-0.15, -0.1) is 0 Å². The molecule has 1 aromatic carbocycles. The molecular weight excluding hydrogens is 321 g/mol. The van der Waals surface area contributed by atoms with Crippen molar-refractivity contribution >= 4 is 34.7 Å². The van der Waals surface area contributed by atoms with Gasteiger partial charge in [-0.05, 0) is 42.8 Å². The molecular formula is C16H15Cl2N3O. The Morgan fingerprint density at radius 3 is 2.86 bits per heavy atom. The second-order valence-electron chi connectivity index (χ2n) is 5.17. The molecule has 0 aliphatic carbocycles. The van der Waals surface area contributed by atoms with Gasteiger partial charge < -0.3 is 15.3 Å². The van der Waals surface area contributed by atoms with Crippen molar-refractivity contribution in [1.82, 2.24) is 4.90 Å². The van der Waals surface area contributed by atoms with Gasteiger partial charge in [0.25, 0.3) is 0 Å². The summed E-state index contributed by atoms with van der Waals surface area (Å²) in [6.45, 7) is 2.56. The minimum atomic E-state index is -0.0620. The normalized spacial score (nSPS) is 17.2. The summed E-state index contributed by atoms with van der Waals surface area (Å²) in [6, 6.07) is 5.28. The molecule has 2 aliphatic rings. The van der Waals surface area contributed by atoms with E-state index in [9.17, 15) is 5.11 Å². The molecule has 0 atom stereocenters. The molecule has 22 heavy (non-hydrogen) atoms. The Hall–Kier alpha value is -1.75. The molecule has 0 saturated carbocycles. The smallest absolute Gasteiger partial charge is 0.136 e. The van der Waals surface area contributed by atoms with E-state index in [1.165, 1.54) is 0 Å². The number of nitrogens with one attached hydrogen (secondary N) is 1. The van der Waals surface area contributed by atoms with Crippen LogP contribution in [-0.4, -0.2) is 29.0 Å². The summed E-state index contributed by atoms with van der Waals surface area (Å²) in [5.41, 5.74) is 2.73. The largest absolute Gasteiger partial charge is 0.392 e. The Morgan fingerprint density at radius 2 is 2.14 bits per heavy atom. The maximum atomic E-state index is 9.60. The SMILES string of the molecule is CC1=CC2=NC(Nc3ccc(Cl)c(Cl)c3)=C(CO)CN2C=C1. The number of benzene rings is 1. The highest BCUT2D eigenvalue weighted by Crippen LogP contribution is 2.27. The average Bonchev–Trinajstić information content (AvgIpc) is 2.50. The molecule has 0 spiro atoms. The highest BCUT2D eigenvalue weighted by atomic mass is 35.5. The first-order chi connectivity index (χ1) is 10.6. The van der Waals surface area contributed by atoms with Crippen LogP contribution in [0.3, 0.4) is 0 Å². The molecule has 114 valence electrons. The van der Waals surface area contributed by atoms with E-state index in [2.05, 4.69) is 10.3 Å². The molecule has 2 N–H and O–H groups in total. The van der Waals surface area contributed by atoms with E-state index in [1.54, 1.807) is 12.1 Å². The van der Waals surface area contributed by atoms with Crippen molar-refractivity contribution in [3.63, 3.8) is 0 Å². The number of aliphatic imine (C=N–C) groups is 1. The highest BCUT2D eigenvalue weighted by molar-refractivity contribution is 6.42. The monoisotopic (exact) mass is 335 g/mol. The number of fused-ring (bicyclic) bond motifs is 1. The van der Waals surface area contributed by atoms with Crippen molar-refractivity contribution in [3.05, 3.63) is 63.6 Å². The third kappa shape index (κ3) is 3.04. The van der Waals surface area contributed by atoms with Gasteiger partial charge in [-0.1, -0.05) is 23.2 Å². The molecule has 3 rings (SSSR count). The zero-order chi connectivity index (χ0) is 15.7. The predicted molar refractivity (Wildman–Crippen MR) is 91.2 cm³/mol. The molecule has 1 aromatic rings. The van der Waals surface area contributed by atoms with Crippen LogP contribution in [-0.2, 0) is 0 Å². The molecule has 0 unspecified atom stereocenters. The van der Waals surface area contributed by atoms with E-state index in [1.807, 2.05) is 36.2 Å². The van der Waals surface area contributed by atoms with Gasteiger partial charge in [-0.2, -0.15) is 0 Å². The Morgan fingerprint density at radius 1 is 1.32 bits per heavy atom. The molecule has 0 amide bonds. The minimum absolute atomic E-state index is 0.0620. The van der Waals surface area contributed by atoms with E-state index in [-0.39, 0.29) is 6.61 Å². The van der Waals surface area contributed by atoms with Crippen LogP contribution in [0, 0.1) is 0 Å². The molecule has 0 saturated heterocycles. The van der Waals surface area contributed by atoms with Crippen LogP contribution in [0.25, 0.3) is 0 Å². The van der Waals surface area contributed by atoms with E-state index < -0.39 is 0 Å². The first kappa shape index (κ1) is 15.2. The Bertz CT molecular complexity index is 735. The highest BCUT2D eigenvalue weighted by Gasteiger charge is 2.21. The lowest BCUT2D eigenvalue weighted by atomic mass is 10.1. The first-order valence-electron chi connectivity index (χ1n) is 6.83. The van der Waals surface area contributed by atoms with E-state index >= 15 is 0 Å². The van der Waals surface area contributed by atoms with Gasteiger partial charge in [0.15, 0.2) is 0 Å². The fourth-order valence-electron chi connectivity index (χ4n) is 2.27. The molecule has 2 aliphatic heterocycles. The van der Waals surface area contributed by atoms with Crippen molar-refractivity contribution in [2.75, 3.05) is 18.5 Å². The summed E-state index contributed by atoms with van der Waals surface area (Å²) in [5.74, 6) is 1.49. The number of anilines is 1. The maximum absolute atomic E-state index is 9.60. The summed E-state index contributed by atoms with van der Waals surface area (Å²) < 4.78 is 0. The number of halogens is 2. The lowest BCUT2D eigenvalue weighted by molar-refractivity contribution is 0.319. The number of amidine groups is 1. The lowest BCUT2D eigenvalue weighted by Gasteiger charge is -2.29. The van der Waals surface area contributed by atoms with Crippen LogP contribution in [0.5, 0.6) is 0 Å². The van der Waals surface area contributed by atoms with E-state index in [0.29, 0.717) is 22.4 Å². The molecule has 2 heterocycles. The Balaban J connectivity index is 1.92. The van der Waals surface area contributed by atoms with Crippen LogP contribution < -0.4 is 5.32 Å². The van der Waals surface area contributed by atoms with Crippen LogP contribution in [0.4, 0.5) is 5.69 Å². The van der Waals surface area contributed by atoms with Crippen LogP contribution >= 0.6 is 23.2 Å². The molecule has 0 fully saturated rings. The summed E-state index contributed by atoms with van der Waals surface area (Å²) in [7, 11) is 0. The number of rotatable bonds is 3.